The Bertz CT molecular complexity index is 581. The highest BCUT2D eigenvalue weighted by atomic mass is 15.4. The van der Waals surface area contributed by atoms with Crippen LogP contribution in [0.15, 0.2) is 18.2 Å². The normalized spacial score (nSPS) is 15.1. The Morgan fingerprint density at radius 2 is 2.11 bits per heavy atom. The van der Waals surface area contributed by atoms with Crippen LogP contribution in [0.2, 0.25) is 0 Å². The second kappa shape index (κ2) is 4.21. The van der Waals surface area contributed by atoms with E-state index in [0.29, 0.717) is 12.5 Å². The minimum Gasteiger partial charge on any atom is -0.325 e. The van der Waals surface area contributed by atoms with Crippen molar-refractivity contribution in [2.75, 3.05) is 0 Å². The van der Waals surface area contributed by atoms with Gasteiger partial charge < -0.3 is 5.73 Å². The lowest BCUT2D eigenvalue weighted by atomic mass is 10.1. The molecule has 4 nitrogen and oxygen atoms in total. The Morgan fingerprint density at radius 1 is 1.33 bits per heavy atom. The maximum absolute atomic E-state index is 5.76. The molecule has 1 heterocycles. The first kappa shape index (κ1) is 11.4. The molecule has 1 aromatic heterocycles. The molecule has 0 bridgehead atoms. The number of nitrogens with zero attached hydrogens (tertiary/aromatic N) is 3. The van der Waals surface area contributed by atoms with Gasteiger partial charge >= 0.3 is 0 Å². The Kier molecular flexibility index (Phi) is 2.67. The molecule has 1 aliphatic rings. The van der Waals surface area contributed by atoms with Crippen molar-refractivity contribution in [2.45, 2.75) is 39.2 Å². The third-order valence-corrected chi connectivity index (χ3v) is 3.74. The Labute approximate surface area is 107 Å². The van der Waals surface area contributed by atoms with E-state index in [1.54, 1.807) is 0 Å². The van der Waals surface area contributed by atoms with Gasteiger partial charge in [-0.05, 0) is 43.9 Å². The van der Waals surface area contributed by atoms with Crippen LogP contribution in [-0.4, -0.2) is 15.0 Å². The smallest absolute Gasteiger partial charge is 0.100 e. The Balaban J connectivity index is 2.17. The van der Waals surface area contributed by atoms with Crippen molar-refractivity contribution in [3.63, 3.8) is 0 Å². The number of nitrogens with two attached hydrogens (primary N) is 1. The fourth-order valence-electron chi connectivity index (χ4n) is 2.37. The zero-order valence-corrected chi connectivity index (χ0v) is 10.8. The van der Waals surface area contributed by atoms with Crippen LogP contribution in [0.25, 0.3) is 5.69 Å². The molecule has 0 amide bonds. The van der Waals surface area contributed by atoms with Gasteiger partial charge in [0.25, 0.3) is 0 Å². The van der Waals surface area contributed by atoms with E-state index in [0.717, 1.165) is 11.4 Å². The average Bonchev–Trinajstić information content (AvgIpc) is 3.12. The van der Waals surface area contributed by atoms with Crippen LogP contribution in [-0.2, 0) is 6.54 Å². The molecule has 2 N–H and O–H groups in total. The minimum absolute atomic E-state index is 0.469. The van der Waals surface area contributed by atoms with Crippen LogP contribution in [0, 0.1) is 13.8 Å². The fraction of sp³-hybridized carbons (Fsp3) is 0.429. The van der Waals surface area contributed by atoms with Crippen molar-refractivity contribution in [2.24, 2.45) is 5.73 Å². The number of hydrogen-bond acceptors (Lipinski definition) is 3. The summed E-state index contributed by atoms with van der Waals surface area (Å²) in [7, 11) is 0. The van der Waals surface area contributed by atoms with Gasteiger partial charge in [-0.1, -0.05) is 17.3 Å². The highest BCUT2D eigenvalue weighted by Gasteiger charge is 2.31. The first-order chi connectivity index (χ1) is 8.72. The van der Waals surface area contributed by atoms with Gasteiger partial charge in [-0.25, -0.2) is 4.68 Å². The summed E-state index contributed by atoms with van der Waals surface area (Å²) in [5.41, 5.74) is 11.6. The van der Waals surface area contributed by atoms with Crippen molar-refractivity contribution < 1.29 is 0 Å². The van der Waals surface area contributed by atoms with E-state index in [4.69, 9.17) is 5.73 Å². The third-order valence-electron chi connectivity index (χ3n) is 3.74. The predicted octanol–water partition coefficient (Wildman–Crippen LogP) is 2.22. The molecule has 94 valence electrons. The Hall–Kier alpha value is -1.68. The molecular formula is C14H18N4. The van der Waals surface area contributed by atoms with Crippen molar-refractivity contribution in [1.82, 2.24) is 15.0 Å². The average molecular weight is 242 g/mol. The molecule has 2 aromatic rings. The summed E-state index contributed by atoms with van der Waals surface area (Å²) in [6.07, 6.45) is 2.45. The van der Waals surface area contributed by atoms with E-state index in [1.807, 2.05) is 4.68 Å². The quantitative estimate of drug-likeness (QED) is 0.897. The molecule has 4 heteroatoms. The number of aromatic nitrogens is 3. The van der Waals surface area contributed by atoms with Gasteiger partial charge in [-0.15, -0.1) is 5.10 Å². The molecule has 0 unspecified atom stereocenters. The maximum atomic E-state index is 5.76. The summed E-state index contributed by atoms with van der Waals surface area (Å²) in [5, 5.41) is 8.54. The molecule has 1 saturated carbocycles. The third kappa shape index (κ3) is 1.73. The van der Waals surface area contributed by atoms with E-state index in [9.17, 15) is 0 Å². The number of rotatable bonds is 3. The topological polar surface area (TPSA) is 56.7 Å². The minimum atomic E-state index is 0.469. The van der Waals surface area contributed by atoms with Gasteiger partial charge in [0.05, 0.1) is 11.4 Å². The largest absolute Gasteiger partial charge is 0.325 e. The van der Waals surface area contributed by atoms with Gasteiger partial charge in [0.15, 0.2) is 0 Å². The molecule has 1 fully saturated rings. The van der Waals surface area contributed by atoms with Crippen molar-refractivity contribution in [3.05, 3.63) is 40.7 Å². The molecule has 0 spiro atoms. The molecule has 1 aliphatic carbocycles. The summed E-state index contributed by atoms with van der Waals surface area (Å²) in [5.74, 6) is 0.596. The van der Waals surface area contributed by atoms with Gasteiger partial charge in [-0.3, -0.25) is 0 Å². The zero-order valence-electron chi connectivity index (χ0n) is 10.8. The maximum Gasteiger partial charge on any atom is 0.100 e. The monoisotopic (exact) mass is 242 g/mol. The lowest BCUT2D eigenvalue weighted by molar-refractivity contribution is 0.758. The van der Waals surface area contributed by atoms with Crippen molar-refractivity contribution in [1.29, 1.82) is 0 Å². The van der Waals surface area contributed by atoms with Crippen LogP contribution < -0.4 is 5.73 Å². The summed E-state index contributed by atoms with van der Waals surface area (Å²) >= 11 is 0. The molecule has 0 atom stereocenters. The Morgan fingerprint density at radius 3 is 2.78 bits per heavy atom. The van der Waals surface area contributed by atoms with Crippen LogP contribution in [0.5, 0.6) is 0 Å². The highest BCUT2D eigenvalue weighted by molar-refractivity contribution is 5.46. The summed E-state index contributed by atoms with van der Waals surface area (Å²) in [4.78, 5) is 0. The van der Waals surface area contributed by atoms with Crippen LogP contribution in [0.1, 0.15) is 41.3 Å². The van der Waals surface area contributed by atoms with Gasteiger partial charge in [0.1, 0.15) is 5.69 Å². The molecule has 0 radical (unpaired) electrons. The zero-order chi connectivity index (χ0) is 12.7. The van der Waals surface area contributed by atoms with E-state index in [1.165, 1.54) is 29.7 Å². The van der Waals surface area contributed by atoms with E-state index < -0.39 is 0 Å². The van der Waals surface area contributed by atoms with Crippen molar-refractivity contribution in [3.8, 4) is 5.69 Å². The first-order valence-corrected chi connectivity index (χ1v) is 6.43. The molecular weight excluding hydrogens is 224 g/mol. The summed E-state index contributed by atoms with van der Waals surface area (Å²) in [6.45, 7) is 4.72. The molecule has 18 heavy (non-hydrogen) atoms. The summed E-state index contributed by atoms with van der Waals surface area (Å²) in [6, 6.07) is 6.29. The number of benzene rings is 1. The van der Waals surface area contributed by atoms with E-state index in [-0.39, 0.29) is 0 Å². The molecule has 3 rings (SSSR count). The van der Waals surface area contributed by atoms with Crippen LogP contribution >= 0.6 is 0 Å². The van der Waals surface area contributed by atoms with Crippen LogP contribution in [0.4, 0.5) is 0 Å². The van der Waals surface area contributed by atoms with Gasteiger partial charge in [0.2, 0.25) is 0 Å². The lowest BCUT2D eigenvalue weighted by Gasteiger charge is -2.11. The molecule has 0 saturated heterocycles. The van der Waals surface area contributed by atoms with Gasteiger partial charge in [0, 0.05) is 12.5 Å². The second-order valence-corrected chi connectivity index (χ2v) is 5.03. The van der Waals surface area contributed by atoms with Crippen LogP contribution in [0.3, 0.4) is 0 Å². The predicted molar refractivity (Wildman–Crippen MR) is 70.7 cm³/mol. The number of hydrogen-bond donors (Lipinski definition) is 1. The highest BCUT2D eigenvalue weighted by Crippen LogP contribution is 2.42. The lowest BCUT2D eigenvalue weighted by Crippen LogP contribution is -2.06. The number of aryl methyl sites for hydroxylation is 1. The SMILES string of the molecule is Cc1cccc(-n2nnc(CN)c2C2CC2)c1C. The van der Waals surface area contributed by atoms with Crippen molar-refractivity contribution >= 4 is 0 Å². The van der Waals surface area contributed by atoms with Gasteiger partial charge in [-0.2, -0.15) is 0 Å². The second-order valence-electron chi connectivity index (χ2n) is 5.03. The van der Waals surface area contributed by atoms with E-state index in [2.05, 4.69) is 42.4 Å². The molecule has 1 aromatic carbocycles. The standard InChI is InChI=1S/C14H18N4/c1-9-4-3-5-13(10(9)2)18-14(11-6-7-11)12(8-15)16-17-18/h3-5,11H,6-8,15H2,1-2H3. The first-order valence-electron chi connectivity index (χ1n) is 6.43. The molecule has 0 aliphatic heterocycles. The van der Waals surface area contributed by atoms with E-state index >= 15 is 0 Å². The summed E-state index contributed by atoms with van der Waals surface area (Å²) < 4.78 is 1.99. The fourth-order valence-corrected chi connectivity index (χ4v) is 2.37.